The SMILES string of the molecule is Cc1cc(C)cc(Nc2nccc(CO)n2)c1. The molecule has 0 unspecified atom stereocenters. The van der Waals surface area contributed by atoms with Gasteiger partial charge in [0.05, 0.1) is 12.3 Å². The molecule has 0 spiro atoms. The average Bonchev–Trinajstić information content (AvgIpc) is 2.28. The molecular weight excluding hydrogens is 214 g/mol. The zero-order valence-electron chi connectivity index (χ0n) is 9.94. The van der Waals surface area contributed by atoms with Crippen LogP contribution in [0.1, 0.15) is 16.8 Å². The van der Waals surface area contributed by atoms with Gasteiger partial charge in [0.25, 0.3) is 0 Å². The summed E-state index contributed by atoms with van der Waals surface area (Å²) >= 11 is 0. The molecule has 2 N–H and O–H groups in total. The Labute approximate surface area is 100 Å². The number of aliphatic hydroxyl groups excluding tert-OH is 1. The maximum Gasteiger partial charge on any atom is 0.227 e. The van der Waals surface area contributed by atoms with E-state index in [2.05, 4.69) is 21.4 Å². The Kier molecular flexibility index (Phi) is 3.35. The van der Waals surface area contributed by atoms with E-state index in [1.165, 1.54) is 11.1 Å². The van der Waals surface area contributed by atoms with Gasteiger partial charge in [-0.25, -0.2) is 9.97 Å². The summed E-state index contributed by atoms with van der Waals surface area (Å²) in [6.07, 6.45) is 1.63. The zero-order chi connectivity index (χ0) is 12.3. The zero-order valence-corrected chi connectivity index (χ0v) is 9.94. The normalized spacial score (nSPS) is 10.3. The standard InChI is InChI=1S/C13H15N3O/c1-9-5-10(2)7-12(6-9)16-13-14-4-3-11(8-17)15-13/h3-7,17H,8H2,1-2H3,(H,14,15,16). The molecule has 17 heavy (non-hydrogen) atoms. The summed E-state index contributed by atoms with van der Waals surface area (Å²) in [5, 5.41) is 12.1. The van der Waals surface area contributed by atoms with Gasteiger partial charge in [0.2, 0.25) is 5.95 Å². The first-order chi connectivity index (χ1) is 8.17. The Hall–Kier alpha value is -1.94. The molecule has 0 saturated heterocycles. The lowest BCUT2D eigenvalue weighted by molar-refractivity contribution is 0.277. The predicted molar refractivity (Wildman–Crippen MR) is 67.2 cm³/mol. The van der Waals surface area contributed by atoms with Crippen molar-refractivity contribution in [3.63, 3.8) is 0 Å². The van der Waals surface area contributed by atoms with Crippen molar-refractivity contribution < 1.29 is 5.11 Å². The van der Waals surface area contributed by atoms with Crippen LogP contribution < -0.4 is 5.32 Å². The highest BCUT2D eigenvalue weighted by atomic mass is 16.3. The first kappa shape index (κ1) is 11.5. The van der Waals surface area contributed by atoms with Crippen LogP contribution in [0.5, 0.6) is 0 Å². The molecule has 0 atom stereocenters. The van der Waals surface area contributed by atoms with E-state index < -0.39 is 0 Å². The highest BCUT2D eigenvalue weighted by Gasteiger charge is 2.00. The Morgan fingerprint density at radius 3 is 2.53 bits per heavy atom. The summed E-state index contributed by atoms with van der Waals surface area (Å²) in [6.45, 7) is 4.01. The number of aliphatic hydroxyl groups is 1. The molecule has 1 heterocycles. The maximum atomic E-state index is 9.00. The third kappa shape index (κ3) is 3.01. The lowest BCUT2D eigenvalue weighted by Gasteiger charge is -2.07. The summed E-state index contributed by atoms with van der Waals surface area (Å²) in [6, 6.07) is 7.85. The molecule has 0 fully saturated rings. The monoisotopic (exact) mass is 229 g/mol. The molecule has 2 rings (SSSR count). The number of hydrogen-bond acceptors (Lipinski definition) is 4. The van der Waals surface area contributed by atoms with Crippen LogP contribution in [-0.2, 0) is 6.61 Å². The largest absolute Gasteiger partial charge is 0.390 e. The number of aromatic nitrogens is 2. The van der Waals surface area contributed by atoms with Crippen molar-refractivity contribution in [3.05, 3.63) is 47.3 Å². The number of hydrogen-bond donors (Lipinski definition) is 2. The van der Waals surface area contributed by atoms with Crippen LogP contribution in [0.3, 0.4) is 0 Å². The van der Waals surface area contributed by atoms with Crippen molar-refractivity contribution in [2.45, 2.75) is 20.5 Å². The quantitative estimate of drug-likeness (QED) is 0.848. The van der Waals surface area contributed by atoms with E-state index in [1.54, 1.807) is 12.3 Å². The first-order valence-corrected chi connectivity index (χ1v) is 5.45. The molecule has 4 heteroatoms. The van der Waals surface area contributed by atoms with Gasteiger partial charge in [-0.05, 0) is 43.2 Å². The summed E-state index contributed by atoms with van der Waals surface area (Å²) in [7, 11) is 0. The number of nitrogens with one attached hydrogen (secondary N) is 1. The minimum absolute atomic E-state index is 0.0793. The van der Waals surface area contributed by atoms with E-state index in [0.29, 0.717) is 11.6 Å². The molecule has 88 valence electrons. The summed E-state index contributed by atoms with van der Waals surface area (Å²) < 4.78 is 0. The maximum absolute atomic E-state index is 9.00. The number of aryl methyl sites for hydroxylation is 2. The highest BCUT2D eigenvalue weighted by molar-refractivity contribution is 5.55. The fourth-order valence-corrected chi connectivity index (χ4v) is 1.72. The molecule has 0 aliphatic carbocycles. The topological polar surface area (TPSA) is 58.0 Å². The number of rotatable bonds is 3. The minimum atomic E-state index is -0.0793. The van der Waals surface area contributed by atoms with Crippen LogP contribution in [0.25, 0.3) is 0 Å². The van der Waals surface area contributed by atoms with Gasteiger partial charge in [-0.2, -0.15) is 0 Å². The van der Waals surface area contributed by atoms with E-state index in [1.807, 2.05) is 26.0 Å². The van der Waals surface area contributed by atoms with Gasteiger partial charge in [-0.15, -0.1) is 0 Å². The van der Waals surface area contributed by atoms with E-state index >= 15 is 0 Å². The minimum Gasteiger partial charge on any atom is -0.390 e. The molecule has 4 nitrogen and oxygen atoms in total. The second kappa shape index (κ2) is 4.93. The summed E-state index contributed by atoms with van der Waals surface area (Å²) in [5.74, 6) is 0.501. The molecule has 2 aromatic rings. The first-order valence-electron chi connectivity index (χ1n) is 5.45. The molecule has 1 aromatic heterocycles. The Morgan fingerprint density at radius 2 is 1.88 bits per heavy atom. The van der Waals surface area contributed by atoms with Crippen molar-refractivity contribution in [1.82, 2.24) is 9.97 Å². The Morgan fingerprint density at radius 1 is 1.18 bits per heavy atom. The van der Waals surface area contributed by atoms with Crippen LogP contribution in [0.15, 0.2) is 30.5 Å². The van der Waals surface area contributed by atoms with Gasteiger partial charge >= 0.3 is 0 Å². The van der Waals surface area contributed by atoms with Gasteiger partial charge in [-0.3, -0.25) is 0 Å². The van der Waals surface area contributed by atoms with Crippen LogP contribution in [0, 0.1) is 13.8 Å². The molecule has 1 aromatic carbocycles. The van der Waals surface area contributed by atoms with Crippen molar-refractivity contribution in [1.29, 1.82) is 0 Å². The van der Waals surface area contributed by atoms with Gasteiger partial charge < -0.3 is 10.4 Å². The van der Waals surface area contributed by atoms with Crippen molar-refractivity contribution in [2.75, 3.05) is 5.32 Å². The Balaban J connectivity index is 2.24. The Bertz CT molecular complexity index is 506. The lowest BCUT2D eigenvalue weighted by Crippen LogP contribution is -2.00. The van der Waals surface area contributed by atoms with Gasteiger partial charge in [0.1, 0.15) is 0 Å². The van der Waals surface area contributed by atoms with Crippen LogP contribution in [0.4, 0.5) is 11.6 Å². The molecule has 0 amide bonds. The molecular formula is C13H15N3O. The second-order valence-electron chi connectivity index (χ2n) is 4.03. The third-order valence-corrected chi connectivity index (χ3v) is 2.35. The van der Waals surface area contributed by atoms with E-state index in [-0.39, 0.29) is 6.61 Å². The van der Waals surface area contributed by atoms with Crippen molar-refractivity contribution in [3.8, 4) is 0 Å². The van der Waals surface area contributed by atoms with Crippen molar-refractivity contribution in [2.24, 2.45) is 0 Å². The fraction of sp³-hybridized carbons (Fsp3) is 0.231. The predicted octanol–water partition coefficient (Wildman–Crippen LogP) is 2.33. The molecule has 0 aliphatic rings. The van der Waals surface area contributed by atoms with Crippen LogP contribution in [0.2, 0.25) is 0 Å². The molecule has 0 saturated carbocycles. The molecule has 0 aliphatic heterocycles. The third-order valence-electron chi connectivity index (χ3n) is 2.35. The summed E-state index contributed by atoms with van der Waals surface area (Å²) in [5.41, 5.74) is 3.93. The van der Waals surface area contributed by atoms with E-state index in [4.69, 9.17) is 5.11 Å². The number of benzene rings is 1. The van der Waals surface area contributed by atoms with Crippen LogP contribution in [-0.4, -0.2) is 15.1 Å². The summed E-state index contributed by atoms with van der Waals surface area (Å²) in [4.78, 5) is 8.28. The molecule has 0 bridgehead atoms. The smallest absolute Gasteiger partial charge is 0.227 e. The van der Waals surface area contributed by atoms with E-state index in [0.717, 1.165) is 5.69 Å². The van der Waals surface area contributed by atoms with Gasteiger partial charge in [0, 0.05) is 11.9 Å². The lowest BCUT2D eigenvalue weighted by atomic mass is 10.1. The highest BCUT2D eigenvalue weighted by Crippen LogP contribution is 2.17. The van der Waals surface area contributed by atoms with Gasteiger partial charge in [0.15, 0.2) is 0 Å². The van der Waals surface area contributed by atoms with Crippen molar-refractivity contribution >= 4 is 11.6 Å². The average molecular weight is 229 g/mol. The number of anilines is 2. The van der Waals surface area contributed by atoms with Gasteiger partial charge in [-0.1, -0.05) is 6.07 Å². The van der Waals surface area contributed by atoms with Crippen LogP contribution >= 0.6 is 0 Å². The van der Waals surface area contributed by atoms with E-state index in [9.17, 15) is 0 Å². The fourth-order valence-electron chi connectivity index (χ4n) is 1.72. The molecule has 0 radical (unpaired) electrons. The number of nitrogens with zero attached hydrogens (tertiary/aromatic N) is 2. The second-order valence-corrected chi connectivity index (χ2v) is 4.03.